The lowest BCUT2D eigenvalue weighted by molar-refractivity contribution is -0.117. The molecule has 0 aliphatic carbocycles. The highest BCUT2D eigenvalue weighted by Crippen LogP contribution is 2.11. The molecule has 2 aromatic rings. The highest BCUT2D eigenvalue weighted by Gasteiger charge is 2.08. The minimum atomic E-state index is 0.144. The number of hydrogen-bond acceptors (Lipinski definition) is 4. The zero-order valence-electron chi connectivity index (χ0n) is 9.31. The number of nitrogens with zero attached hydrogens (tertiary/aromatic N) is 2. The molecule has 2 heterocycles. The second kappa shape index (κ2) is 5.51. The predicted molar refractivity (Wildman–Crippen MR) is 71.2 cm³/mol. The third kappa shape index (κ3) is 3.71. The molecule has 0 bridgehead atoms. The van der Waals surface area contributed by atoms with Gasteiger partial charge in [-0.25, -0.2) is 4.98 Å². The number of aromatic nitrogens is 2. The van der Waals surface area contributed by atoms with E-state index < -0.39 is 0 Å². The maximum atomic E-state index is 11.8. The fourth-order valence-electron chi connectivity index (χ4n) is 1.47. The monoisotopic (exact) mass is 310 g/mol. The normalized spacial score (nSPS) is 10.5. The fourth-order valence-corrected chi connectivity index (χ4v) is 2.31. The van der Waals surface area contributed by atoms with E-state index in [0.717, 1.165) is 20.9 Å². The molecule has 88 valence electrons. The van der Waals surface area contributed by atoms with Gasteiger partial charge >= 0.3 is 0 Å². The average molecular weight is 311 g/mol. The summed E-state index contributed by atoms with van der Waals surface area (Å²) in [5.74, 6) is 0.144. The van der Waals surface area contributed by atoms with Gasteiger partial charge in [0.25, 0.3) is 0 Å². The van der Waals surface area contributed by atoms with Crippen LogP contribution in [0.1, 0.15) is 16.4 Å². The first-order valence-electron chi connectivity index (χ1n) is 5.16. The van der Waals surface area contributed by atoms with Gasteiger partial charge in [0.2, 0.25) is 0 Å². The van der Waals surface area contributed by atoms with Gasteiger partial charge in [0.15, 0.2) is 0 Å². The molecular formula is C12H11BrN2OS. The van der Waals surface area contributed by atoms with Crippen LogP contribution in [0.25, 0.3) is 0 Å². The fraction of sp³-hybridized carbons (Fsp3) is 0.250. The topological polar surface area (TPSA) is 42.9 Å². The van der Waals surface area contributed by atoms with Gasteiger partial charge in [0.1, 0.15) is 5.78 Å². The lowest BCUT2D eigenvalue weighted by Gasteiger charge is -1.99. The molecule has 0 N–H and O–H groups in total. The van der Waals surface area contributed by atoms with Gasteiger partial charge < -0.3 is 0 Å². The van der Waals surface area contributed by atoms with Crippen LogP contribution in [-0.2, 0) is 17.6 Å². The second-order valence-corrected chi connectivity index (χ2v) is 5.70. The van der Waals surface area contributed by atoms with Crippen molar-refractivity contribution >= 4 is 33.0 Å². The largest absolute Gasteiger partial charge is 0.299 e. The quantitative estimate of drug-likeness (QED) is 0.872. The first-order valence-corrected chi connectivity index (χ1v) is 6.84. The molecule has 3 nitrogen and oxygen atoms in total. The van der Waals surface area contributed by atoms with Crippen LogP contribution in [0.3, 0.4) is 0 Å². The molecule has 0 aromatic carbocycles. The van der Waals surface area contributed by atoms with Gasteiger partial charge in [-0.1, -0.05) is 0 Å². The van der Waals surface area contributed by atoms with E-state index in [2.05, 4.69) is 25.9 Å². The number of aryl methyl sites for hydroxylation is 1. The molecular weight excluding hydrogens is 300 g/mol. The molecule has 0 atom stereocenters. The first-order chi connectivity index (χ1) is 8.13. The Morgan fingerprint density at radius 3 is 2.71 bits per heavy atom. The summed E-state index contributed by atoms with van der Waals surface area (Å²) in [6.45, 7) is 1.94. The van der Waals surface area contributed by atoms with Gasteiger partial charge in [-0.05, 0) is 35.0 Å². The Kier molecular flexibility index (Phi) is 4.02. The van der Waals surface area contributed by atoms with Gasteiger partial charge in [-0.3, -0.25) is 9.78 Å². The number of carbonyl (C=O) groups excluding carboxylic acids is 1. The second-order valence-electron chi connectivity index (χ2n) is 3.72. The smallest absolute Gasteiger partial charge is 0.144 e. The summed E-state index contributed by atoms with van der Waals surface area (Å²) in [5.41, 5.74) is 1.65. The molecule has 0 unspecified atom stereocenters. The van der Waals surface area contributed by atoms with Crippen molar-refractivity contribution in [3.63, 3.8) is 0 Å². The lowest BCUT2D eigenvalue weighted by Crippen LogP contribution is -2.08. The van der Waals surface area contributed by atoms with Crippen LogP contribution in [0, 0.1) is 6.92 Å². The molecule has 17 heavy (non-hydrogen) atoms. The molecule has 0 spiro atoms. The van der Waals surface area contributed by atoms with Gasteiger partial charge in [-0.2, -0.15) is 0 Å². The molecule has 0 aliphatic rings. The van der Waals surface area contributed by atoms with Crippen molar-refractivity contribution in [3.05, 3.63) is 44.6 Å². The number of Topliss-reactive ketones (excluding diaryl/α,β-unsaturated/α-hetero) is 1. The highest BCUT2D eigenvalue weighted by atomic mass is 79.9. The minimum Gasteiger partial charge on any atom is -0.299 e. The van der Waals surface area contributed by atoms with Crippen LogP contribution >= 0.6 is 27.3 Å². The number of hydrogen-bond donors (Lipinski definition) is 0. The SMILES string of the molecule is Cc1nc(CC(=O)Cc2ccc(Br)cn2)cs1. The summed E-state index contributed by atoms with van der Waals surface area (Å²) in [6, 6.07) is 3.75. The van der Waals surface area contributed by atoms with Crippen LogP contribution < -0.4 is 0 Å². The van der Waals surface area contributed by atoms with Crippen molar-refractivity contribution in [2.75, 3.05) is 0 Å². The minimum absolute atomic E-state index is 0.144. The van der Waals surface area contributed by atoms with E-state index in [1.807, 2.05) is 24.4 Å². The molecule has 5 heteroatoms. The number of thiazole rings is 1. The van der Waals surface area contributed by atoms with E-state index >= 15 is 0 Å². The van der Waals surface area contributed by atoms with Crippen LogP contribution in [0.4, 0.5) is 0 Å². The first kappa shape index (κ1) is 12.4. The molecule has 0 radical (unpaired) electrons. The summed E-state index contributed by atoms with van der Waals surface area (Å²) in [5, 5.41) is 2.93. The molecule has 2 rings (SSSR count). The van der Waals surface area contributed by atoms with E-state index in [0.29, 0.717) is 12.8 Å². The molecule has 0 saturated heterocycles. The number of ketones is 1. The maximum Gasteiger partial charge on any atom is 0.144 e. The van der Waals surface area contributed by atoms with Crippen molar-refractivity contribution < 1.29 is 4.79 Å². The highest BCUT2D eigenvalue weighted by molar-refractivity contribution is 9.10. The Balaban J connectivity index is 1.95. The number of pyridine rings is 1. The zero-order chi connectivity index (χ0) is 12.3. The van der Waals surface area contributed by atoms with Crippen molar-refractivity contribution in [2.45, 2.75) is 19.8 Å². The zero-order valence-corrected chi connectivity index (χ0v) is 11.7. The Labute approximate surface area is 112 Å². The van der Waals surface area contributed by atoms with Crippen LogP contribution in [-0.4, -0.2) is 15.8 Å². The Morgan fingerprint density at radius 2 is 2.12 bits per heavy atom. The lowest BCUT2D eigenvalue weighted by atomic mass is 10.1. The molecule has 0 fully saturated rings. The molecule has 0 saturated carbocycles. The Hall–Kier alpha value is -1.07. The number of halogens is 1. The predicted octanol–water partition coefficient (Wildman–Crippen LogP) is 2.96. The van der Waals surface area contributed by atoms with E-state index in [1.54, 1.807) is 17.5 Å². The van der Waals surface area contributed by atoms with Crippen molar-refractivity contribution in [1.29, 1.82) is 0 Å². The third-order valence-corrected chi connectivity index (χ3v) is 3.50. The molecule has 0 amide bonds. The van der Waals surface area contributed by atoms with Gasteiger partial charge in [0.05, 0.1) is 10.7 Å². The van der Waals surface area contributed by atoms with Crippen LogP contribution in [0.2, 0.25) is 0 Å². The summed E-state index contributed by atoms with van der Waals surface area (Å²) in [7, 11) is 0. The summed E-state index contributed by atoms with van der Waals surface area (Å²) in [6.07, 6.45) is 2.46. The van der Waals surface area contributed by atoms with E-state index in [-0.39, 0.29) is 5.78 Å². The number of carbonyl (C=O) groups is 1. The third-order valence-electron chi connectivity index (χ3n) is 2.21. The van der Waals surface area contributed by atoms with Crippen LogP contribution in [0.15, 0.2) is 28.2 Å². The van der Waals surface area contributed by atoms with Crippen molar-refractivity contribution in [3.8, 4) is 0 Å². The van der Waals surface area contributed by atoms with Gasteiger partial charge in [-0.15, -0.1) is 11.3 Å². The van der Waals surface area contributed by atoms with E-state index in [9.17, 15) is 4.79 Å². The average Bonchev–Trinajstić information content (AvgIpc) is 2.67. The van der Waals surface area contributed by atoms with E-state index in [1.165, 1.54) is 0 Å². The molecule has 2 aromatic heterocycles. The summed E-state index contributed by atoms with van der Waals surface area (Å²) >= 11 is 4.88. The van der Waals surface area contributed by atoms with E-state index in [4.69, 9.17) is 0 Å². The van der Waals surface area contributed by atoms with Crippen molar-refractivity contribution in [2.24, 2.45) is 0 Å². The Morgan fingerprint density at radius 1 is 1.35 bits per heavy atom. The summed E-state index contributed by atoms with van der Waals surface area (Å²) in [4.78, 5) is 20.2. The van der Waals surface area contributed by atoms with Gasteiger partial charge in [0, 0.05) is 34.6 Å². The van der Waals surface area contributed by atoms with Crippen LogP contribution in [0.5, 0.6) is 0 Å². The molecule has 0 aliphatic heterocycles. The maximum absolute atomic E-state index is 11.8. The number of rotatable bonds is 4. The Bertz CT molecular complexity index is 522. The summed E-state index contributed by atoms with van der Waals surface area (Å²) < 4.78 is 0.920. The van der Waals surface area contributed by atoms with Crippen molar-refractivity contribution in [1.82, 2.24) is 9.97 Å². The standard InChI is InChI=1S/C12H11BrN2OS/c1-8-15-11(7-17-8)5-12(16)4-10-3-2-9(13)6-14-10/h2-3,6-7H,4-5H2,1H3.